The van der Waals surface area contributed by atoms with Crippen LogP contribution in [0.2, 0.25) is 0 Å². The highest BCUT2D eigenvalue weighted by Crippen LogP contribution is 2.19. The summed E-state index contributed by atoms with van der Waals surface area (Å²) in [6.07, 6.45) is 2.65. The van der Waals surface area contributed by atoms with E-state index in [9.17, 15) is 4.79 Å². The fraction of sp³-hybridized carbons (Fsp3) is 0.588. The molecule has 4 heteroatoms. The zero-order valence-corrected chi connectivity index (χ0v) is 13.1. The third-order valence-corrected chi connectivity index (χ3v) is 4.17. The van der Waals surface area contributed by atoms with Crippen LogP contribution < -0.4 is 11.1 Å². The summed E-state index contributed by atoms with van der Waals surface area (Å²) in [5, 5.41) is 2.90. The number of nitrogens with zero attached hydrogens (tertiary/aromatic N) is 1. The standard InChI is InChI=1S/C17H27N3O/c1-13-4-3-9-20(11-13)12-15-5-7-16(8-6-15)19-17(21)14(2)10-18/h5-8,13-14H,3-4,9-12,18H2,1-2H3,(H,19,21). The molecule has 1 aliphatic rings. The SMILES string of the molecule is CC1CCCN(Cc2ccc(NC(=O)C(C)CN)cc2)C1. The maximum Gasteiger partial charge on any atom is 0.228 e. The third kappa shape index (κ3) is 4.83. The summed E-state index contributed by atoms with van der Waals surface area (Å²) in [4.78, 5) is 14.3. The molecule has 0 saturated carbocycles. The average molecular weight is 289 g/mol. The van der Waals surface area contributed by atoms with Gasteiger partial charge in [-0.1, -0.05) is 26.0 Å². The Hall–Kier alpha value is -1.39. The zero-order valence-electron chi connectivity index (χ0n) is 13.1. The Kier molecular flexibility index (Phi) is 5.76. The number of likely N-dealkylation sites (tertiary alicyclic amines) is 1. The first kappa shape index (κ1) is 16.0. The summed E-state index contributed by atoms with van der Waals surface area (Å²) in [5.41, 5.74) is 7.64. The van der Waals surface area contributed by atoms with Crippen molar-refractivity contribution in [3.63, 3.8) is 0 Å². The van der Waals surface area contributed by atoms with Crippen molar-refractivity contribution in [1.29, 1.82) is 0 Å². The Bertz CT molecular complexity index is 458. The van der Waals surface area contributed by atoms with Gasteiger partial charge >= 0.3 is 0 Å². The highest BCUT2D eigenvalue weighted by molar-refractivity contribution is 5.92. The number of rotatable bonds is 5. The molecule has 1 fully saturated rings. The number of anilines is 1. The molecule has 1 amide bonds. The Morgan fingerprint density at radius 1 is 1.43 bits per heavy atom. The molecule has 116 valence electrons. The highest BCUT2D eigenvalue weighted by Gasteiger charge is 2.16. The average Bonchev–Trinajstić information content (AvgIpc) is 2.48. The minimum Gasteiger partial charge on any atom is -0.330 e. The monoisotopic (exact) mass is 289 g/mol. The van der Waals surface area contributed by atoms with Crippen LogP contribution in [0, 0.1) is 11.8 Å². The molecule has 0 aliphatic carbocycles. The van der Waals surface area contributed by atoms with Crippen LogP contribution in [-0.4, -0.2) is 30.4 Å². The summed E-state index contributed by atoms with van der Waals surface area (Å²) >= 11 is 0. The van der Waals surface area contributed by atoms with Gasteiger partial charge in [0.1, 0.15) is 0 Å². The number of piperidine rings is 1. The molecule has 21 heavy (non-hydrogen) atoms. The number of carbonyl (C=O) groups is 1. The normalized spacial score (nSPS) is 21.0. The fourth-order valence-corrected chi connectivity index (χ4v) is 2.75. The van der Waals surface area contributed by atoms with E-state index in [-0.39, 0.29) is 11.8 Å². The molecule has 0 aromatic heterocycles. The number of hydrogen-bond acceptors (Lipinski definition) is 3. The number of hydrogen-bond donors (Lipinski definition) is 2. The van der Waals surface area contributed by atoms with Gasteiger partial charge in [-0.25, -0.2) is 0 Å². The Balaban J connectivity index is 1.88. The van der Waals surface area contributed by atoms with Crippen molar-refractivity contribution in [3.8, 4) is 0 Å². The number of nitrogens with two attached hydrogens (primary N) is 1. The summed E-state index contributed by atoms with van der Waals surface area (Å²) in [6, 6.07) is 8.15. The van der Waals surface area contributed by atoms with Gasteiger partial charge in [0.15, 0.2) is 0 Å². The van der Waals surface area contributed by atoms with Crippen LogP contribution in [0.4, 0.5) is 5.69 Å². The second kappa shape index (κ2) is 7.57. The highest BCUT2D eigenvalue weighted by atomic mass is 16.1. The van der Waals surface area contributed by atoms with E-state index < -0.39 is 0 Å². The quantitative estimate of drug-likeness (QED) is 0.875. The van der Waals surface area contributed by atoms with E-state index in [1.54, 1.807) is 0 Å². The summed E-state index contributed by atoms with van der Waals surface area (Å²) in [6.45, 7) is 7.91. The smallest absolute Gasteiger partial charge is 0.228 e. The second-order valence-electron chi connectivity index (χ2n) is 6.31. The third-order valence-electron chi connectivity index (χ3n) is 4.17. The largest absolute Gasteiger partial charge is 0.330 e. The molecule has 1 heterocycles. The lowest BCUT2D eigenvalue weighted by atomic mass is 10.00. The van der Waals surface area contributed by atoms with Crippen molar-refractivity contribution in [1.82, 2.24) is 4.90 Å². The van der Waals surface area contributed by atoms with Crippen LogP contribution in [0.5, 0.6) is 0 Å². The Labute approximate surface area is 127 Å². The lowest BCUT2D eigenvalue weighted by Gasteiger charge is -2.30. The van der Waals surface area contributed by atoms with E-state index in [0.717, 1.165) is 18.2 Å². The van der Waals surface area contributed by atoms with Gasteiger partial charge in [-0.05, 0) is 43.0 Å². The first-order valence-electron chi connectivity index (χ1n) is 7.90. The van der Waals surface area contributed by atoms with E-state index in [2.05, 4.69) is 29.3 Å². The van der Waals surface area contributed by atoms with E-state index in [1.807, 2.05) is 19.1 Å². The molecule has 4 nitrogen and oxygen atoms in total. The molecule has 2 atom stereocenters. The minimum absolute atomic E-state index is 0.0184. The molecule has 2 unspecified atom stereocenters. The molecular formula is C17H27N3O. The molecule has 1 aromatic carbocycles. The van der Waals surface area contributed by atoms with Crippen molar-refractivity contribution in [2.45, 2.75) is 33.2 Å². The lowest BCUT2D eigenvalue weighted by Crippen LogP contribution is -2.33. The fourth-order valence-electron chi connectivity index (χ4n) is 2.75. The molecular weight excluding hydrogens is 262 g/mol. The summed E-state index contributed by atoms with van der Waals surface area (Å²) in [5.74, 6) is 0.629. The number of amides is 1. The van der Waals surface area contributed by atoms with E-state index >= 15 is 0 Å². The van der Waals surface area contributed by atoms with Crippen LogP contribution in [0.1, 0.15) is 32.3 Å². The Morgan fingerprint density at radius 2 is 2.14 bits per heavy atom. The zero-order chi connectivity index (χ0) is 15.2. The van der Waals surface area contributed by atoms with Crippen LogP contribution in [0.15, 0.2) is 24.3 Å². The van der Waals surface area contributed by atoms with Gasteiger partial charge in [0.25, 0.3) is 0 Å². The maximum atomic E-state index is 11.8. The number of nitrogens with one attached hydrogen (secondary N) is 1. The molecule has 0 spiro atoms. The van der Waals surface area contributed by atoms with E-state index in [4.69, 9.17) is 5.73 Å². The van der Waals surface area contributed by atoms with Gasteiger partial charge in [0.05, 0.1) is 0 Å². The number of benzene rings is 1. The molecule has 0 bridgehead atoms. The van der Waals surface area contributed by atoms with Gasteiger partial charge in [0, 0.05) is 31.2 Å². The van der Waals surface area contributed by atoms with Crippen molar-refractivity contribution in [3.05, 3.63) is 29.8 Å². The molecule has 0 radical (unpaired) electrons. The molecule has 3 N–H and O–H groups in total. The summed E-state index contributed by atoms with van der Waals surface area (Å²) < 4.78 is 0. The van der Waals surface area contributed by atoms with Crippen LogP contribution in [-0.2, 0) is 11.3 Å². The van der Waals surface area contributed by atoms with Crippen molar-refractivity contribution in [2.24, 2.45) is 17.6 Å². The van der Waals surface area contributed by atoms with Crippen molar-refractivity contribution >= 4 is 11.6 Å². The first-order valence-corrected chi connectivity index (χ1v) is 7.90. The van der Waals surface area contributed by atoms with Gasteiger partial charge in [-0.3, -0.25) is 9.69 Å². The molecule has 2 rings (SSSR count). The Morgan fingerprint density at radius 3 is 2.76 bits per heavy atom. The van der Waals surface area contributed by atoms with E-state index in [0.29, 0.717) is 6.54 Å². The molecule has 1 saturated heterocycles. The van der Waals surface area contributed by atoms with Crippen LogP contribution >= 0.6 is 0 Å². The maximum absolute atomic E-state index is 11.8. The van der Waals surface area contributed by atoms with Gasteiger partial charge in [0.2, 0.25) is 5.91 Å². The predicted molar refractivity (Wildman–Crippen MR) is 87.0 cm³/mol. The second-order valence-corrected chi connectivity index (χ2v) is 6.31. The van der Waals surface area contributed by atoms with Crippen molar-refractivity contribution in [2.75, 3.05) is 25.0 Å². The summed E-state index contributed by atoms with van der Waals surface area (Å²) in [7, 11) is 0. The van der Waals surface area contributed by atoms with Gasteiger partial charge in [-0.2, -0.15) is 0 Å². The van der Waals surface area contributed by atoms with Crippen LogP contribution in [0.25, 0.3) is 0 Å². The minimum atomic E-state index is -0.153. The topological polar surface area (TPSA) is 58.4 Å². The van der Waals surface area contributed by atoms with E-state index in [1.165, 1.54) is 31.5 Å². The molecule has 1 aliphatic heterocycles. The van der Waals surface area contributed by atoms with Crippen LogP contribution in [0.3, 0.4) is 0 Å². The first-order chi connectivity index (χ1) is 10.1. The van der Waals surface area contributed by atoms with Gasteiger partial charge < -0.3 is 11.1 Å². The van der Waals surface area contributed by atoms with Gasteiger partial charge in [-0.15, -0.1) is 0 Å². The lowest BCUT2D eigenvalue weighted by molar-refractivity contribution is -0.119. The van der Waals surface area contributed by atoms with Crippen molar-refractivity contribution < 1.29 is 4.79 Å². The number of carbonyl (C=O) groups excluding carboxylic acids is 1. The predicted octanol–water partition coefficient (Wildman–Crippen LogP) is 2.45. The molecule has 1 aromatic rings.